The summed E-state index contributed by atoms with van der Waals surface area (Å²) in [6.45, 7) is 2.01. The number of hydrogen-bond acceptors (Lipinski definition) is 2. The van der Waals surface area contributed by atoms with Gasteiger partial charge in [-0.1, -0.05) is 54.6 Å². The van der Waals surface area contributed by atoms with Crippen LogP contribution in [0.3, 0.4) is 0 Å². The van der Waals surface area contributed by atoms with Crippen molar-refractivity contribution in [3.63, 3.8) is 0 Å². The van der Waals surface area contributed by atoms with Crippen LogP contribution in [0.4, 0.5) is 0 Å². The van der Waals surface area contributed by atoms with E-state index in [1.165, 1.54) is 23.0 Å². The number of esters is 1. The van der Waals surface area contributed by atoms with Gasteiger partial charge in [-0.2, -0.15) is 0 Å². The number of rotatable bonds is 6. The Labute approximate surface area is 178 Å². The fourth-order valence-electron chi connectivity index (χ4n) is 3.45. The highest BCUT2D eigenvalue weighted by molar-refractivity contribution is 7.95. The van der Waals surface area contributed by atoms with Crippen molar-refractivity contribution in [3.8, 4) is 0 Å². The van der Waals surface area contributed by atoms with E-state index in [-0.39, 0.29) is 23.0 Å². The van der Waals surface area contributed by atoms with Gasteiger partial charge in [-0.05, 0) is 48.9 Å². The molecule has 144 valence electrons. The van der Waals surface area contributed by atoms with Gasteiger partial charge in [0.2, 0.25) is 0 Å². The molecular weight excluding hydrogens is 431 g/mol. The van der Waals surface area contributed by atoms with E-state index >= 15 is 0 Å². The molecule has 28 heavy (non-hydrogen) atoms. The number of allylic oxidation sites excluding steroid dienone is 1. The van der Waals surface area contributed by atoms with Crippen molar-refractivity contribution in [1.29, 1.82) is 0 Å². The Morgan fingerprint density at radius 3 is 1.46 bits per heavy atom. The lowest BCUT2D eigenvalue weighted by Crippen LogP contribution is -3.00. The highest BCUT2D eigenvalue weighted by Gasteiger charge is 2.45. The van der Waals surface area contributed by atoms with E-state index in [1.54, 1.807) is 6.08 Å². The molecule has 0 radical (unpaired) electrons. The van der Waals surface area contributed by atoms with Crippen LogP contribution in [-0.4, -0.2) is 19.2 Å². The van der Waals surface area contributed by atoms with Crippen molar-refractivity contribution in [2.24, 2.45) is 0 Å². The Kier molecular flexibility index (Phi) is 8.17. The summed E-state index contributed by atoms with van der Waals surface area (Å²) in [6.07, 6.45) is 2.41. The molecule has 0 aliphatic heterocycles. The van der Waals surface area contributed by atoms with E-state index in [0.29, 0.717) is 0 Å². The van der Waals surface area contributed by atoms with E-state index in [4.69, 9.17) is 4.74 Å². The highest BCUT2D eigenvalue weighted by atomic mass is 79.9. The third-order valence-electron chi connectivity index (χ3n) is 4.64. The Morgan fingerprint density at radius 2 is 1.14 bits per heavy atom. The number of carbonyl (C=O) groups is 1. The van der Waals surface area contributed by atoms with Crippen molar-refractivity contribution in [2.45, 2.75) is 6.92 Å². The van der Waals surface area contributed by atoms with Crippen molar-refractivity contribution in [3.05, 3.63) is 103 Å². The van der Waals surface area contributed by atoms with Crippen LogP contribution in [0.15, 0.2) is 103 Å². The monoisotopic (exact) mass is 454 g/mol. The molecule has 0 unspecified atom stereocenters. The fraction of sp³-hybridized carbons (Fsp3) is 0.125. The molecule has 3 aromatic carbocycles. The summed E-state index contributed by atoms with van der Waals surface area (Å²) in [4.78, 5) is 11.8. The van der Waals surface area contributed by atoms with E-state index in [9.17, 15) is 4.79 Å². The van der Waals surface area contributed by atoms with Gasteiger partial charge in [-0.25, -0.2) is 4.79 Å². The van der Waals surface area contributed by atoms with Gasteiger partial charge in [-0.3, -0.25) is 0 Å². The topological polar surface area (TPSA) is 26.3 Å². The average Bonchev–Trinajstić information content (AvgIpc) is 2.74. The molecule has 0 fully saturated rings. The zero-order chi connectivity index (χ0) is 19.1. The van der Waals surface area contributed by atoms with Crippen LogP contribution in [0.25, 0.3) is 0 Å². The molecule has 0 amide bonds. The lowest BCUT2D eigenvalue weighted by molar-refractivity contribution is -0.134. The first kappa shape index (κ1) is 22.1. The lowest BCUT2D eigenvalue weighted by Gasteiger charge is -2.28. The third kappa shape index (κ3) is 4.79. The fourth-order valence-corrected chi connectivity index (χ4v) is 7.77. The van der Waals surface area contributed by atoms with Crippen LogP contribution < -0.4 is 32.9 Å². The van der Waals surface area contributed by atoms with Crippen molar-refractivity contribution < 1.29 is 26.5 Å². The number of hydrogen-bond donors (Lipinski definition) is 0. The van der Waals surface area contributed by atoms with Gasteiger partial charge in [0.1, 0.15) is 23.2 Å². The van der Waals surface area contributed by atoms with Gasteiger partial charge in [0.25, 0.3) is 0 Å². The van der Waals surface area contributed by atoms with E-state index < -0.39 is 7.26 Å². The van der Waals surface area contributed by atoms with Gasteiger partial charge in [-0.15, -0.1) is 0 Å². The van der Waals surface area contributed by atoms with Gasteiger partial charge in [0.05, 0.1) is 13.3 Å². The molecule has 0 atom stereocenters. The molecule has 4 heteroatoms. The summed E-state index contributed by atoms with van der Waals surface area (Å²) < 4.78 is 4.85. The maximum Gasteiger partial charge on any atom is 0.330 e. The van der Waals surface area contributed by atoms with Crippen LogP contribution in [0.1, 0.15) is 6.92 Å². The quantitative estimate of drug-likeness (QED) is 0.316. The molecule has 0 spiro atoms. The standard InChI is InChI=1S/C24H24O2P.BrH/c1-20(18-24(25)26-2)19-27(21-12-6-3-7-13-21,22-14-8-4-9-15-22)23-16-10-5-11-17-23;/h3-18H,19H2,1-2H3;1H/q+1;/p-1/b20-18+;. The molecule has 0 aliphatic carbocycles. The first-order valence-electron chi connectivity index (χ1n) is 8.97. The second-order valence-corrected chi connectivity index (χ2v) is 9.97. The summed E-state index contributed by atoms with van der Waals surface area (Å²) in [6, 6.07) is 31.9. The molecule has 0 aliphatic rings. The second kappa shape index (κ2) is 10.4. The molecule has 2 nitrogen and oxygen atoms in total. The van der Waals surface area contributed by atoms with Crippen LogP contribution >= 0.6 is 7.26 Å². The predicted molar refractivity (Wildman–Crippen MR) is 116 cm³/mol. The summed E-state index contributed by atoms with van der Waals surface area (Å²) in [5, 5.41) is 3.92. The predicted octanol–water partition coefficient (Wildman–Crippen LogP) is 1.10. The summed E-state index contributed by atoms with van der Waals surface area (Å²) >= 11 is 0. The molecule has 3 aromatic rings. The lowest BCUT2D eigenvalue weighted by atomic mass is 10.3. The van der Waals surface area contributed by atoms with Crippen LogP contribution in [-0.2, 0) is 9.53 Å². The molecular formula is C24H24BrO2P. The average molecular weight is 455 g/mol. The minimum atomic E-state index is -1.95. The third-order valence-corrected chi connectivity index (χ3v) is 9.16. The number of halogens is 1. The van der Waals surface area contributed by atoms with Crippen LogP contribution in [0.5, 0.6) is 0 Å². The molecule has 0 bridgehead atoms. The summed E-state index contributed by atoms with van der Waals surface area (Å²) in [5.41, 5.74) is 1.02. The Balaban J connectivity index is 0.00000280. The van der Waals surface area contributed by atoms with Crippen molar-refractivity contribution in [2.75, 3.05) is 13.3 Å². The highest BCUT2D eigenvalue weighted by Crippen LogP contribution is 2.56. The Morgan fingerprint density at radius 1 is 0.786 bits per heavy atom. The molecule has 0 aromatic heterocycles. The normalized spacial score (nSPS) is 11.4. The molecule has 3 rings (SSSR count). The zero-order valence-electron chi connectivity index (χ0n) is 16.1. The summed E-state index contributed by atoms with van der Waals surface area (Å²) in [7, 11) is -0.535. The van der Waals surface area contributed by atoms with Gasteiger partial charge in [0.15, 0.2) is 0 Å². The van der Waals surface area contributed by atoms with Crippen LogP contribution in [0.2, 0.25) is 0 Å². The van der Waals surface area contributed by atoms with Gasteiger partial charge in [0, 0.05) is 6.08 Å². The smallest absolute Gasteiger partial charge is 0.330 e. The number of methoxy groups -OCH3 is 1. The minimum Gasteiger partial charge on any atom is -1.00 e. The van der Waals surface area contributed by atoms with Crippen LogP contribution in [0, 0.1) is 0 Å². The number of ether oxygens (including phenoxy) is 1. The van der Waals surface area contributed by atoms with E-state index in [1.807, 2.05) is 25.1 Å². The largest absolute Gasteiger partial charge is 1.00 e. The van der Waals surface area contributed by atoms with Gasteiger partial charge >= 0.3 is 5.97 Å². The second-order valence-electron chi connectivity index (χ2n) is 6.49. The molecule has 0 heterocycles. The first-order chi connectivity index (χ1) is 13.2. The van der Waals surface area contributed by atoms with E-state index in [0.717, 1.165) is 11.7 Å². The first-order valence-corrected chi connectivity index (χ1v) is 10.9. The SMILES string of the molecule is COC(=O)/C=C(\C)C[P+](c1ccccc1)(c1ccccc1)c1ccccc1.[Br-]. The van der Waals surface area contributed by atoms with Gasteiger partial charge < -0.3 is 21.7 Å². The van der Waals surface area contributed by atoms with E-state index in [2.05, 4.69) is 72.8 Å². The number of benzene rings is 3. The minimum absolute atomic E-state index is 0. The Hall–Kier alpha value is -2.22. The molecule has 0 N–H and O–H groups in total. The molecule has 0 saturated carbocycles. The number of carbonyl (C=O) groups excluding carboxylic acids is 1. The maximum absolute atomic E-state index is 11.8. The Bertz CT molecular complexity index is 812. The maximum atomic E-state index is 11.8. The summed E-state index contributed by atoms with van der Waals surface area (Å²) in [5.74, 6) is -0.306. The molecule has 0 saturated heterocycles. The van der Waals surface area contributed by atoms with Crippen molar-refractivity contribution in [1.82, 2.24) is 0 Å². The zero-order valence-corrected chi connectivity index (χ0v) is 18.6. The van der Waals surface area contributed by atoms with Crippen molar-refractivity contribution >= 4 is 29.1 Å².